The van der Waals surface area contributed by atoms with Crippen molar-refractivity contribution in [1.29, 1.82) is 0 Å². The maximum Gasteiger partial charge on any atom is 0.224 e. The predicted octanol–water partition coefficient (Wildman–Crippen LogP) is 7.76. The zero-order chi connectivity index (χ0) is 28.3. The summed E-state index contributed by atoms with van der Waals surface area (Å²) in [5.41, 5.74) is 7.41. The van der Waals surface area contributed by atoms with Crippen molar-refractivity contribution in [3.8, 4) is 0 Å². The number of hydrogen-bond donors (Lipinski definition) is 4. The molecule has 5 rings (SSSR count). The molecule has 1 amide bonds. The Morgan fingerprint density at radius 3 is 2.05 bits per heavy atom. The number of amides is 1. The second-order valence-electron chi connectivity index (χ2n) is 13.7. The Hall–Kier alpha value is -1.43. The van der Waals surface area contributed by atoms with Crippen molar-refractivity contribution in [3.63, 3.8) is 0 Å². The molecule has 0 spiro atoms. The molecule has 5 N–H and O–H groups in total. The number of carbonyl (C=O) groups is 1. The van der Waals surface area contributed by atoms with Crippen LogP contribution >= 0.6 is 0 Å². The highest BCUT2D eigenvalue weighted by Gasteiger charge is 2.48. The van der Waals surface area contributed by atoms with Crippen LogP contribution in [0.25, 0.3) is 0 Å². The zero-order valence-corrected chi connectivity index (χ0v) is 25.2. The lowest BCUT2D eigenvalue weighted by Crippen LogP contribution is -2.46. The Morgan fingerprint density at radius 1 is 0.875 bits per heavy atom. The van der Waals surface area contributed by atoms with E-state index >= 15 is 0 Å². The quantitative estimate of drug-likeness (QED) is 0.131. The number of benzene rings is 1. The number of aliphatic hydroxyl groups is 2. The number of carbonyl (C=O) groups excluding carboxylic acids is 1. The third-order valence-electron chi connectivity index (χ3n) is 10.7. The molecule has 1 aromatic carbocycles. The van der Waals surface area contributed by atoms with Gasteiger partial charge >= 0.3 is 0 Å². The van der Waals surface area contributed by atoms with E-state index in [0.717, 1.165) is 36.5 Å². The monoisotopic (exact) mass is 554 g/mol. The van der Waals surface area contributed by atoms with Gasteiger partial charge in [0, 0.05) is 24.1 Å². The Morgan fingerprint density at radius 2 is 1.45 bits per heavy atom. The summed E-state index contributed by atoms with van der Waals surface area (Å²) in [4.78, 5) is 13.2. The number of anilines is 1. The lowest BCUT2D eigenvalue weighted by atomic mass is 9.51. The van der Waals surface area contributed by atoms with Crippen molar-refractivity contribution in [2.45, 2.75) is 135 Å². The molecule has 0 aromatic heterocycles. The third kappa shape index (κ3) is 9.03. The standard InChI is InChI=1S/C35H58N2O3/c1-2-3-4-5-6-7-8-9-10-11-14-27(24-36)33(38)23-34(39)30-15-12-13-16-32(30)37-35(40)22-31-28-18-25-17-26(20-28)21-29(31)19-25/h12-13,15-16,25-29,31,33-34,38-39H,2-11,14,17-24,36H2,1H3,(H,37,40)/t25?,26?,27-,28?,29?,31?,33?,34?/m1/s1. The number of nitrogens with one attached hydrogen (secondary N) is 1. The summed E-state index contributed by atoms with van der Waals surface area (Å²) in [5.74, 6) is 3.84. The molecule has 226 valence electrons. The van der Waals surface area contributed by atoms with Gasteiger partial charge in [0.05, 0.1) is 12.2 Å². The fourth-order valence-corrected chi connectivity index (χ4v) is 8.60. The van der Waals surface area contributed by atoms with Gasteiger partial charge in [-0.3, -0.25) is 4.79 Å². The van der Waals surface area contributed by atoms with Crippen LogP contribution < -0.4 is 11.1 Å². The van der Waals surface area contributed by atoms with E-state index in [1.807, 2.05) is 24.3 Å². The molecule has 1 aromatic rings. The van der Waals surface area contributed by atoms with Gasteiger partial charge in [0.15, 0.2) is 0 Å². The predicted molar refractivity (Wildman–Crippen MR) is 165 cm³/mol. The van der Waals surface area contributed by atoms with Crippen molar-refractivity contribution in [3.05, 3.63) is 29.8 Å². The Bertz CT molecular complexity index is 861. The summed E-state index contributed by atoms with van der Waals surface area (Å²) in [7, 11) is 0. The first-order chi connectivity index (χ1) is 19.5. The summed E-state index contributed by atoms with van der Waals surface area (Å²) in [6.45, 7) is 2.68. The lowest BCUT2D eigenvalue weighted by molar-refractivity contribution is -0.121. The van der Waals surface area contributed by atoms with Crippen LogP contribution in [0.3, 0.4) is 0 Å². The van der Waals surface area contributed by atoms with Crippen LogP contribution in [-0.2, 0) is 4.79 Å². The first kappa shape index (κ1) is 31.5. The summed E-state index contributed by atoms with van der Waals surface area (Å²) in [6.07, 6.45) is 19.8. The van der Waals surface area contributed by atoms with Crippen LogP contribution in [0.1, 0.15) is 134 Å². The van der Waals surface area contributed by atoms with Crippen LogP contribution in [0.2, 0.25) is 0 Å². The van der Waals surface area contributed by atoms with Gasteiger partial charge in [-0.25, -0.2) is 0 Å². The first-order valence-electron chi connectivity index (χ1n) is 16.9. The normalized spacial score (nSPS) is 27.4. The minimum absolute atomic E-state index is 0.0117. The van der Waals surface area contributed by atoms with Crippen molar-refractivity contribution < 1.29 is 15.0 Å². The van der Waals surface area contributed by atoms with E-state index in [1.165, 1.54) is 89.9 Å². The molecule has 0 radical (unpaired) electrons. The molecule has 4 bridgehead atoms. The van der Waals surface area contributed by atoms with E-state index in [4.69, 9.17) is 5.73 Å². The van der Waals surface area contributed by atoms with Gasteiger partial charge in [-0.05, 0) is 86.6 Å². The lowest BCUT2D eigenvalue weighted by Gasteiger charge is -2.54. The highest BCUT2D eigenvalue weighted by molar-refractivity contribution is 5.91. The van der Waals surface area contributed by atoms with Crippen LogP contribution in [0.5, 0.6) is 0 Å². The van der Waals surface area contributed by atoms with Gasteiger partial charge in [0.1, 0.15) is 0 Å². The molecule has 4 aliphatic rings. The zero-order valence-electron chi connectivity index (χ0n) is 25.2. The number of rotatable bonds is 19. The minimum Gasteiger partial charge on any atom is -0.393 e. The molecule has 40 heavy (non-hydrogen) atoms. The van der Waals surface area contributed by atoms with Gasteiger partial charge in [-0.2, -0.15) is 0 Å². The molecular weight excluding hydrogens is 496 g/mol. The van der Waals surface area contributed by atoms with E-state index < -0.39 is 12.2 Å². The third-order valence-corrected chi connectivity index (χ3v) is 10.7. The summed E-state index contributed by atoms with van der Waals surface area (Å²) in [6, 6.07) is 7.54. The van der Waals surface area contributed by atoms with Crippen molar-refractivity contribution in [2.75, 3.05) is 11.9 Å². The molecule has 4 aliphatic carbocycles. The summed E-state index contributed by atoms with van der Waals surface area (Å²) >= 11 is 0. The average Bonchev–Trinajstić information content (AvgIpc) is 2.93. The summed E-state index contributed by atoms with van der Waals surface area (Å²) < 4.78 is 0. The number of hydrogen-bond acceptors (Lipinski definition) is 4. The van der Waals surface area contributed by atoms with Crippen LogP contribution in [-0.4, -0.2) is 28.8 Å². The minimum atomic E-state index is -0.838. The molecular formula is C35H58N2O3. The second-order valence-corrected chi connectivity index (χ2v) is 13.7. The highest BCUT2D eigenvalue weighted by atomic mass is 16.3. The molecule has 0 heterocycles. The Kier molecular flexibility index (Phi) is 12.8. The second kappa shape index (κ2) is 16.3. The van der Waals surface area contributed by atoms with Crippen LogP contribution in [0.15, 0.2) is 24.3 Å². The molecule has 0 aliphatic heterocycles. The van der Waals surface area contributed by atoms with Gasteiger partial charge in [0.2, 0.25) is 5.91 Å². The maximum absolute atomic E-state index is 13.2. The van der Waals surface area contributed by atoms with Gasteiger partial charge in [-0.1, -0.05) is 89.3 Å². The van der Waals surface area contributed by atoms with Crippen molar-refractivity contribution >= 4 is 11.6 Å². The van der Waals surface area contributed by atoms with E-state index in [2.05, 4.69) is 12.2 Å². The van der Waals surface area contributed by atoms with Crippen molar-refractivity contribution in [1.82, 2.24) is 0 Å². The fourth-order valence-electron chi connectivity index (χ4n) is 8.60. The molecule has 4 saturated carbocycles. The van der Waals surface area contributed by atoms with Crippen molar-refractivity contribution in [2.24, 2.45) is 41.2 Å². The van der Waals surface area contributed by atoms with Gasteiger partial charge in [0.25, 0.3) is 0 Å². The number of para-hydroxylation sites is 1. The number of nitrogens with two attached hydrogens (primary N) is 1. The first-order valence-corrected chi connectivity index (χ1v) is 16.9. The molecule has 5 heteroatoms. The topological polar surface area (TPSA) is 95.6 Å². The SMILES string of the molecule is CCCCCCCCCCCC[C@H](CN)C(O)CC(O)c1ccccc1NC(=O)CC1C2CC3CC(C2)CC1C3. The molecule has 0 saturated heterocycles. The fraction of sp³-hybridized carbons (Fsp3) is 0.800. The Labute approximate surface area is 244 Å². The van der Waals surface area contributed by atoms with E-state index in [1.54, 1.807) is 0 Å². The average molecular weight is 555 g/mol. The number of unbranched alkanes of at least 4 members (excludes halogenated alkanes) is 9. The highest BCUT2D eigenvalue weighted by Crippen LogP contribution is 2.57. The molecule has 3 atom stereocenters. The number of aliphatic hydroxyl groups excluding tert-OH is 2. The summed E-state index contributed by atoms with van der Waals surface area (Å²) in [5, 5.41) is 25.2. The molecule has 2 unspecified atom stereocenters. The Balaban J connectivity index is 1.19. The maximum atomic E-state index is 13.2. The smallest absolute Gasteiger partial charge is 0.224 e. The van der Waals surface area contributed by atoms with E-state index in [-0.39, 0.29) is 18.2 Å². The largest absolute Gasteiger partial charge is 0.393 e. The van der Waals surface area contributed by atoms with E-state index in [9.17, 15) is 15.0 Å². The molecule has 4 fully saturated rings. The van der Waals surface area contributed by atoms with E-state index in [0.29, 0.717) is 30.1 Å². The van der Waals surface area contributed by atoms with Crippen LogP contribution in [0.4, 0.5) is 5.69 Å². The van der Waals surface area contributed by atoms with Gasteiger partial charge < -0.3 is 21.3 Å². The van der Waals surface area contributed by atoms with Gasteiger partial charge in [-0.15, -0.1) is 0 Å². The molecule has 5 nitrogen and oxygen atoms in total. The van der Waals surface area contributed by atoms with Crippen LogP contribution in [0, 0.1) is 35.5 Å².